The van der Waals surface area contributed by atoms with Crippen LogP contribution in [-0.4, -0.2) is 48.2 Å². The molecule has 3 heterocycles. The molecule has 7 heteroatoms. The number of piperidine rings is 1. The Hall–Kier alpha value is -2.38. The first-order chi connectivity index (χ1) is 12.2. The number of β-amino-alcohol motifs (C(OH)–C–C–N with tert-alkyl or cyclic N) is 1. The molecule has 1 saturated heterocycles. The molecule has 0 amide bonds. The van der Waals surface area contributed by atoms with Gasteiger partial charge in [0.05, 0.1) is 18.4 Å². The summed E-state index contributed by atoms with van der Waals surface area (Å²) in [6.45, 7) is 2.06. The Morgan fingerprint density at radius 1 is 1.24 bits per heavy atom. The molecule has 0 radical (unpaired) electrons. The van der Waals surface area contributed by atoms with Gasteiger partial charge in [-0.2, -0.15) is 0 Å². The number of hydrogen-bond acceptors (Lipinski definition) is 7. The second-order valence-corrected chi connectivity index (χ2v) is 6.32. The van der Waals surface area contributed by atoms with E-state index in [0.717, 1.165) is 41.5 Å². The van der Waals surface area contributed by atoms with Crippen LogP contribution in [0.2, 0.25) is 0 Å². The molecule has 2 aliphatic rings. The number of ether oxygens (including phenoxy) is 3. The maximum atomic E-state index is 10.7. The smallest absolute Gasteiger partial charge is 0.231 e. The molecule has 4 rings (SSSR count). The predicted molar refractivity (Wildman–Crippen MR) is 90.9 cm³/mol. The number of hydrogen-bond donors (Lipinski definition) is 1. The zero-order chi connectivity index (χ0) is 17.2. The molecular weight excluding hydrogens is 322 g/mol. The Morgan fingerprint density at radius 2 is 2.12 bits per heavy atom. The molecule has 1 aromatic carbocycles. The minimum Gasteiger partial charge on any atom is -0.454 e. The van der Waals surface area contributed by atoms with Gasteiger partial charge in [-0.15, -0.1) is 0 Å². The summed E-state index contributed by atoms with van der Waals surface area (Å²) in [5, 5.41) is 10.7. The second-order valence-electron chi connectivity index (χ2n) is 6.32. The first-order valence-corrected chi connectivity index (χ1v) is 8.37. The van der Waals surface area contributed by atoms with Gasteiger partial charge in [0.15, 0.2) is 11.5 Å². The van der Waals surface area contributed by atoms with E-state index < -0.39 is 6.10 Å². The van der Waals surface area contributed by atoms with Gasteiger partial charge in [0, 0.05) is 32.2 Å². The molecule has 0 unspecified atom stereocenters. The Labute approximate surface area is 146 Å². The van der Waals surface area contributed by atoms with Gasteiger partial charge in [0.1, 0.15) is 12.1 Å². The van der Waals surface area contributed by atoms with Crippen LogP contribution in [0.4, 0.5) is 5.82 Å². The maximum absolute atomic E-state index is 10.7. The standard InChI is InChI=1S/C18H21N3O4/c1-23-9-13-7-18(20-10-19-13)21-5-4-14(15(22)8-21)12-2-3-16-17(6-12)25-11-24-16/h2-3,6-7,10,14-15,22H,4-5,8-9,11H2,1H3/t14-,15+/m0/s1. The molecule has 1 N–H and O–H groups in total. The molecule has 0 spiro atoms. The van der Waals surface area contributed by atoms with Gasteiger partial charge in [-0.25, -0.2) is 9.97 Å². The van der Waals surface area contributed by atoms with Gasteiger partial charge >= 0.3 is 0 Å². The minimum absolute atomic E-state index is 0.0750. The van der Waals surface area contributed by atoms with Gasteiger partial charge in [-0.1, -0.05) is 6.07 Å². The van der Waals surface area contributed by atoms with Crippen molar-refractivity contribution in [3.8, 4) is 11.5 Å². The molecule has 0 aliphatic carbocycles. The molecule has 132 valence electrons. The number of aliphatic hydroxyl groups is 1. The van der Waals surface area contributed by atoms with Crippen molar-refractivity contribution in [2.24, 2.45) is 0 Å². The van der Waals surface area contributed by atoms with Crippen LogP contribution in [0.25, 0.3) is 0 Å². The fraction of sp³-hybridized carbons (Fsp3) is 0.444. The summed E-state index contributed by atoms with van der Waals surface area (Å²) in [4.78, 5) is 10.6. The first-order valence-electron chi connectivity index (χ1n) is 8.37. The average Bonchev–Trinajstić information content (AvgIpc) is 3.10. The van der Waals surface area contributed by atoms with Gasteiger partial charge in [-0.05, 0) is 24.1 Å². The number of rotatable bonds is 4. The lowest BCUT2D eigenvalue weighted by molar-refractivity contribution is 0.129. The van der Waals surface area contributed by atoms with E-state index in [2.05, 4.69) is 14.9 Å². The summed E-state index contributed by atoms with van der Waals surface area (Å²) in [5.41, 5.74) is 1.92. The van der Waals surface area contributed by atoms with Crippen LogP contribution < -0.4 is 14.4 Å². The topological polar surface area (TPSA) is 76.9 Å². The zero-order valence-electron chi connectivity index (χ0n) is 14.1. The summed E-state index contributed by atoms with van der Waals surface area (Å²) in [5.74, 6) is 2.42. The third-order valence-electron chi connectivity index (χ3n) is 4.73. The average molecular weight is 343 g/mol. The number of fused-ring (bicyclic) bond motifs is 1. The van der Waals surface area contributed by atoms with E-state index in [1.54, 1.807) is 13.4 Å². The third-order valence-corrected chi connectivity index (χ3v) is 4.73. The van der Waals surface area contributed by atoms with Crippen LogP contribution in [0.15, 0.2) is 30.6 Å². The molecule has 1 aromatic heterocycles. The van der Waals surface area contributed by atoms with Crippen molar-refractivity contribution in [3.05, 3.63) is 41.9 Å². The van der Waals surface area contributed by atoms with Crippen LogP contribution in [0.1, 0.15) is 23.6 Å². The van der Waals surface area contributed by atoms with Gasteiger partial charge in [0.2, 0.25) is 6.79 Å². The highest BCUT2D eigenvalue weighted by molar-refractivity contribution is 5.46. The molecule has 2 aliphatic heterocycles. The highest BCUT2D eigenvalue weighted by Crippen LogP contribution is 2.38. The van der Waals surface area contributed by atoms with Crippen molar-refractivity contribution >= 4 is 5.82 Å². The lowest BCUT2D eigenvalue weighted by atomic mass is 9.87. The molecule has 0 bridgehead atoms. The number of aliphatic hydroxyl groups excluding tert-OH is 1. The predicted octanol–water partition coefficient (Wildman–Crippen LogP) is 1.71. The van der Waals surface area contributed by atoms with E-state index in [4.69, 9.17) is 14.2 Å². The number of benzene rings is 1. The summed E-state index contributed by atoms with van der Waals surface area (Å²) in [6.07, 6.45) is 1.90. The minimum atomic E-state index is -0.477. The number of nitrogens with zero attached hydrogens (tertiary/aromatic N) is 3. The van der Waals surface area contributed by atoms with E-state index in [-0.39, 0.29) is 12.7 Å². The van der Waals surface area contributed by atoms with Gasteiger partial charge in [-0.3, -0.25) is 0 Å². The van der Waals surface area contributed by atoms with E-state index in [1.165, 1.54) is 0 Å². The second kappa shape index (κ2) is 6.85. The van der Waals surface area contributed by atoms with Crippen molar-refractivity contribution in [3.63, 3.8) is 0 Å². The summed E-state index contributed by atoms with van der Waals surface area (Å²) in [6, 6.07) is 7.82. The number of anilines is 1. The third kappa shape index (κ3) is 3.25. The summed E-state index contributed by atoms with van der Waals surface area (Å²) >= 11 is 0. The SMILES string of the molecule is COCc1cc(N2CC[C@@H](c3ccc4c(c3)OCO4)[C@H](O)C2)ncn1. The Balaban J connectivity index is 1.48. The lowest BCUT2D eigenvalue weighted by Crippen LogP contribution is -2.43. The van der Waals surface area contributed by atoms with Crippen molar-refractivity contribution in [1.29, 1.82) is 0 Å². The van der Waals surface area contributed by atoms with Crippen LogP contribution in [0, 0.1) is 0 Å². The molecule has 0 saturated carbocycles. The van der Waals surface area contributed by atoms with Crippen LogP contribution >= 0.6 is 0 Å². The van der Waals surface area contributed by atoms with E-state index in [9.17, 15) is 5.11 Å². The van der Waals surface area contributed by atoms with E-state index in [1.807, 2.05) is 24.3 Å². The highest BCUT2D eigenvalue weighted by atomic mass is 16.7. The quantitative estimate of drug-likeness (QED) is 0.905. The molecule has 1 fully saturated rings. The van der Waals surface area contributed by atoms with Crippen LogP contribution in [-0.2, 0) is 11.3 Å². The van der Waals surface area contributed by atoms with Crippen molar-refractivity contribution in [2.45, 2.75) is 25.0 Å². The largest absolute Gasteiger partial charge is 0.454 e. The number of aromatic nitrogens is 2. The van der Waals surface area contributed by atoms with E-state index in [0.29, 0.717) is 13.2 Å². The molecular formula is C18H21N3O4. The first kappa shape index (κ1) is 16.1. The fourth-order valence-electron chi connectivity index (χ4n) is 3.46. The summed E-state index contributed by atoms with van der Waals surface area (Å²) in [7, 11) is 1.64. The van der Waals surface area contributed by atoms with Crippen LogP contribution in [0.5, 0.6) is 11.5 Å². The Morgan fingerprint density at radius 3 is 2.96 bits per heavy atom. The van der Waals surface area contributed by atoms with Gasteiger partial charge in [0.25, 0.3) is 0 Å². The Kier molecular flexibility index (Phi) is 4.42. The fourth-order valence-corrected chi connectivity index (χ4v) is 3.46. The highest BCUT2D eigenvalue weighted by Gasteiger charge is 2.30. The van der Waals surface area contributed by atoms with Crippen molar-refractivity contribution < 1.29 is 19.3 Å². The maximum Gasteiger partial charge on any atom is 0.231 e. The van der Waals surface area contributed by atoms with E-state index >= 15 is 0 Å². The van der Waals surface area contributed by atoms with Crippen molar-refractivity contribution in [2.75, 3.05) is 31.9 Å². The van der Waals surface area contributed by atoms with Gasteiger partial charge < -0.3 is 24.2 Å². The van der Waals surface area contributed by atoms with Crippen molar-refractivity contribution in [1.82, 2.24) is 9.97 Å². The monoisotopic (exact) mass is 343 g/mol. The molecule has 25 heavy (non-hydrogen) atoms. The lowest BCUT2D eigenvalue weighted by Gasteiger charge is -2.37. The van der Waals surface area contributed by atoms with Crippen LogP contribution in [0.3, 0.4) is 0 Å². The molecule has 7 nitrogen and oxygen atoms in total. The molecule has 2 aromatic rings. The molecule has 2 atom stereocenters. The Bertz CT molecular complexity index is 755. The summed E-state index contributed by atoms with van der Waals surface area (Å²) < 4.78 is 15.9. The normalized spacial score (nSPS) is 22.2. The number of methoxy groups -OCH3 is 1. The zero-order valence-corrected chi connectivity index (χ0v) is 14.1.